The van der Waals surface area contributed by atoms with Crippen LogP contribution in [-0.2, 0) is 25.6 Å². The lowest BCUT2D eigenvalue weighted by Crippen LogP contribution is -2.70. The predicted octanol–water partition coefficient (Wildman–Crippen LogP) is 2.31. The van der Waals surface area contributed by atoms with Gasteiger partial charge in [0.25, 0.3) is 11.8 Å². The third-order valence-electron chi connectivity index (χ3n) is 8.47. The molecule has 216 valence electrons. The van der Waals surface area contributed by atoms with Crippen LogP contribution < -0.4 is 19.9 Å². The molecular weight excluding hydrogens is 542 g/mol. The van der Waals surface area contributed by atoms with Crippen LogP contribution in [0.3, 0.4) is 0 Å². The lowest BCUT2D eigenvalue weighted by atomic mass is 9.68. The number of ether oxygens (including phenoxy) is 1. The van der Waals surface area contributed by atoms with E-state index in [1.54, 1.807) is 36.4 Å². The van der Waals surface area contributed by atoms with Crippen molar-refractivity contribution in [3.05, 3.63) is 59.2 Å². The number of urea groups is 2. The van der Waals surface area contributed by atoms with Crippen molar-refractivity contribution in [3.8, 4) is 5.75 Å². The number of rotatable bonds is 4. The van der Waals surface area contributed by atoms with Crippen LogP contribution in [0, 0.1) is 5.41 Å². The van der Waals surface area contributed by atoms with Gasteiger partial charge < -0.3 is 9.64 Å². The molecular formula is C30H29N5O7. The van der Waals surface area contributed by atoms with Gasteiger partial charge >= 0.3 is 12.1 Å². The van der Waals surface area contributed by atoms with Gasteiger partial charge in [0.1, 0.15) is 11.3 Å². The second-order valence-corrected chi connectivity index (χ2v) is 10.8. The minimum absolute atomic E-state index is 0.0665. The number of amides is 8. The van der Waals surface area contributed by atoms with E-state index in [0.29, 0.717) is 36.4 Å². The molecule has 12 nitrogen and oxygen atoms in total. The standard InChI is InChI=1S/C30H29N5O7/c1-4-42-20-10-8-19(9-11-20)35-25(37)21(24(36)31-28(35)40)15-17-7-12-22-18(14-17)16-30(23-6-5-13-34(22)23)26(38)32(2)29(41)33(3)27(30)39/h7-12,14-15,23H,4-6,13,16H2,1-3H3,(H,31,36,40). The number of benzene rings is 2. The SMILES string of the molecule is CCOc1ccc(N2C(=O)NC(=O)C(=Cc3ccc4c(c3)CC3(C(=O)N(C)C(=O)N(C)C3=O)C3CCCN43)C2=O)cc1. The van der Waals surface area contributed by atoms with Crippen molar-refractivity contribution in [3.63, 3.8) is 0 Å². The number of hydrogen-bond donors (Lipinski definition) is 1. The second kappa shape index (κ2) is 9.82. The Balaban J connectivity index is 1.37. The molecule has 0 bridgehead atoms. The summed E-state index contributed by atoms with van der Waals surface area (Å²) in [5, 5.41) is 2.22. The molecule has 8 amide bonds. The highest BCUT2D eigenvalue weighted by molar-refractivity contribution is 6.39. The topological polar surface area (TPSA) is 137 Å². The van der Waals surface area contributed by atoms with Crippen LogP contribution in [0.25, 0.3) is 6.08 Å². The molecule has 1 N–H and O–H groups in total. The van der Waals surface area contributed by atoms with Gasteiger partial charge in [0.05, 0.1) is 18.3 Å². The summed E-state index contributed by atoms with van der Waals surface area (Å²) in [6.45, 7) is 2.94. The van der Waals surface area contributed by atoms with E-state index in [2.05, 4.69) is 5.32 Å². The monoisotopic (exact) mass is 571 g/mol. The number of barbiturate groups is 2. The molecule has 0 aliphatic carbocycles. The molecule has 1 spiro atoms. The number of hydrogen-bond acceptors (Lipinski definition) is 8. The Morgan fingerprint density at radius 3 is 2.33 bits per heavy atom. The van der Waals surface area contributed by atoms with E-state index in [0.717, 1.165) is 26.8 Å². The number of carbonyl (C=O) groups is 6. The highest BCUT2D eigenvalue weighted by Crippen LogP contribution is 2.49. The average molecular weight is 572 g/mol. The molecule has 12 heteroatoms. The summed E-state index contributed by atoms with van der Waals surface area (Å²) in [4.78, 5) is 83.6. The number of nitrogens with zero attached hydrogens (tertiary/aromatic N) is 4. The Morgan fingerprint density at radius 1 is 0.976 bits per heavy atom. The van der Waals surface area contributed by atoms with E-state index in [9.17, 15) is 28.8 Å². The molecule has 2 aromatic rings. The highest BCUT2D eigenvalue weighted by Gasteiger charge is 2.63. The maximum atomic E-state index is 13.6. The van der Waals surface area contributed by atoms with Crippen LogP contribution >= 0.6 is 0 Å². The fourth-order valence-electron chi connectivity index (χ4n) is 6.54. The summed E-state index contributed by atoms with van der Waals surface area (Å²) in [7, 11) is 2.77. The smallest absolute Gasteiger partial charge is 0.335 e. The number of anilines is 2. The number of carbonyl (C=O) groups excluding carboxylic acids is 6. The van der Waals surface area contributed by atoms with Gasteiger partial charge in [-0.1, -0.05) is 6.07 Å². The van der Waals surface area contributed by atoms with Crippen molar-refractivity contribution in [2.45, 2.75) is 32.2 Å². The maximum Gasteiger partial charge on any atom is 0.335 e. The second-order valence-electron chi connectivity index (χ2n) is 10.8. The molecule has 0 aromatic heterocycles. The van der Waals surface area contributed by atoms with Crippen LogP contribution in [-0.4, -0.2) is 78.8 Å². The molecule has 1 atom stereocenters. The molecule has 42 heavy (non-hydrogen) atoms. The normalized spacial score (nSPS) is 22.6. The first kappa shape index (κ1) is 27.2. The van der Waals surface area contributed by atoms with Gasteiger partial charge in [0.15, 0.2) is 5.41 Å². The summed E-state index contributed by atoms with van der Waals surface area (Å²) >= 11 is 0. The molecule has 3 fully saturated rings. The largest absolute Gasteiger partial charge is 0.494 e. The molecule has 0 radical (unpaired) electrons. The first-order valence-corrected chi connectivity index (χ1v) is 13.7. The molecule has 0 saturated carbocycles. The first-order valence-electron chi connectivity index (χ1n) is 13.7. The van der Waals surface area contributed by atoms with Gasteiger partial charge in [0.2, 0.25) is 11.8 Å². The zero-order valence-corrected chi connectivity index (χ0v) is 23.4. The van der Waals surface area contributed by atoms with Crippen LogP contribution in [0.4, 0.5) is 21.0 Å². The van der Waals surface area contributed by atoms with Gasteiger partial charge in [-0.2, -0.15) is 0 Å². The van der Waals surface area contributed by atoms with E-state index in [4.69, 9.17) is 4.74 Å². The van der Waals surface area contributed by atoms with Crippen molar-refractivity contribution in [1.82, 2.24) is 15.1 Å². The van der Waals surface area contributed by atoms with Crippen LogP contribution in [0.15, 0.2) is 48.0 Å². The molecule has 1 unspecified atom stereocenters. The van der Waals surface area contributed by atoms with Crippen molar-refractivity contribution < 1.29 is 33.5 Å². The van der Waals surface area contributed by atoms with Gasteiger partial charge in [-0.3, -0.25) is 34.3 Å². The van der Waals surface area contributed by atoms with E-state index in [1.807, 2.05) is 17.9 Å². The predicted molar refractivity (Wildman–Crippen MR) is 150 cm³/mol. The maximum absolute atomic E-state index is 13.6. The van der Waals surface area contributed by atoms with Gasteiger partial charge in [-0.15, -0.1) is 0 Å². The minimum atomic E-state index is -1.47. The van der Waals surface area contributed by atoms with E-state index < -0.39 is 47.1 Å². The quantitative estimate of drug-likeness (QED) is 0.336. The van der Waals surface area contributed by atoms with Crippen molar-refractivity contribution in [2.75, 3.05) is 37.0 Å². The molecule has 4 heterocycles. The Hall–Kier alpha value is -5.00. The van der Waals surface area contributed by atoms with Crippen molar-refractivity contribution in [2.24, 2.45) is 5.41 Å². The lowest BCUT2D eigenvalue weighted by Gasteiger charge is -2.50. The average Bonchev–Trinajstić information content (AvgIpc) is 3.48. The van der Waals surface area contributed by atoms with Gasteiger partial charge in [-0.05, 0) is 79.8 Å². The third kappa shape index (κ3) is 3.89. The molecule has 4 aliphatic rings. The zero-order chi connectivity index (χ0) is 29.9. The summed E-state index contributed by atoms with van der Waals surface area (Å²) in [6.07, 6.45) is 2.87. The number of imide groups is 4. The van der Waals surface area contributed by atoms with E-state index in [1.165, 1.54) is 20.2 Å². The Morgan fingerprint density at radius 2 is 1.67 bits per heavy atom. The Kier molecular flexibility index (Phi) is 6.36. The zero-order valence-electron chi connectivity index (χ0n) is 23.4. The lowest BCUT2D eigenvalue weighted by molar-refractivity contribution is -0.159. The molecule has 2 aromatic carbocycles. The summed E-state index contributed by atoms with van der Waals surface area (Å²) in [5.41, 5.74) is 0.574. The highest BCUT2D eigenvalue weighted by atomic mass is 16.5. The molecule has 4 aliphatic heterocycles. The van der Waals surface area contributed by atoms with Crippen LogP contribution in [0.2, 0.25) is 0 Å². The van der Waals surface area contributed by atoms with Crippen LogP contribution in [0.1, 0.15) is 30.9 Å². The minimum Gasteiger partial charge on any atom is -0.494 e. The molecule has 6 rings (SSSR count). The van der Waals surface area contributed by atoms with Crippen molar-refractivity contribution in [1.29, 1.82) is 0 Å². The van der Waals surface area contributed by atoms with Gasteiger partial charge in [0, 0.05) is 26.3 Å². The third-order valence-corrected chi connectivity index (χ3v) is 8.47. The Labute approximate surface area is 241 Å². The Bertz CT molecular complexity index is 1570. The number of fused-ring (bicyclic) bond motifs is 4. The fourth-order valence-corrected chi connectivity index (χ4v) is 6.54. The number of nitrogens with one attached hydrogen (secondary N) is 1. The van der Waals surface area contributed by atoms with Gasteiger partial charge in [-0.25, -0.2) is 14.5 Å². The van der Waals surface area contributed by atoms with Crippen molar-refractivity contribution >= 4 is 53.1 Å². The van der Waals surface area contributed by atoms with E-state index >= 15 is 0 Å². The van der Waals surface area contributed by atoms with E-state index in [-0.39, 0.29) is 17.7 Å². The summed E-state index contributed by atoms with van der Waals surface area (Å²) < 4.78 is 5.43. The first-order chi connectivity index (χ1) is 20.1. The molecule has 3 saturated heterocycles. The summed E-state index contributed by atoms with van der Waals surface area (Å²) in [6, 6.07) is 9.78. The van der Waals surface area contributed by atoms with Crippen LogP contribution in [0.5, 0.6) is 5.75 Å². The summed E-state index contributed by atoms with van der Waals surface area (Å²) in [5.74, 6) is -2.12. The fraction of sp³-hybridized carbons (Fsp3) is 0.333.